The second kappa shape index (κ2) is 7.95. The lowest BCUT2D eigenvalue weighted by atomic mass is 9.84. The van der Waals surface area contributed by atoms with E-state index in [4.69, 9.17) is 5.73 Å². The first-order chi connectivity index (χ1) is 9.36. The molecule has 1 saturated carbocycles. The summed E-state index contributed by atoms with van der Waals surface area (Å²) < 4.78 is 24.2. The van der Waals surface area contributed by atoms with E-state index in [1.54, 1.807) is 6.92 Å². The smallest absolute Gasteiger partial charge is 0.224 e. The van der Waals surface area contributed by atoms with Crippen LogP contribution in [0.1, 0.15) is 39.0 Å². The zero-order chi connectivity index (χ0) is 15.2. The Labute approximate surface area is 122 Å². The van der Waals surface area contributed by atoms with Crippen molar-refractivity contribution in [3.05, 3.63) is 0 Å². The molecule has 2 atom stereocenters. The van der Waals surface area contributed by atoms with Gasteiger partial charge in [-0.25, -0.2) is 12.7 Å². The van der Waals surface area contributed by atoms with Crippen LogP contribution in [-0.2, 0) is 14.8 Å². The average Bonchev–Trinajstić information content (AvgIpc) is 2.37. The second-order valence-corrected chi connectivity index (χ2v) is 7.44. The third kappa shape index (κ3) is 5.38. The van der Waals surface area contributed by atoms with Gasteiger partial charge in [-0.2, -0.15) is 0 Å². The summed E-state index contributed by atoms with van der Waals surface area (Å²) >= 11 is 0. The van der Waals surface area contributed by atoms with Crippen LogP contribution in [0.3, 0.4) is 0 Å². The molecule has 0 aliphatic heterocycles. The van der Waals surface area contributed by atoms with Crippen molar-refractivity contribution in [2.24, 2.45) is 11.7 Å². The molecule has 1 amide bonds. The summed E-state index contributed by atoms with van der Waals surface area (Å²) in [7, 11) is -3.14. The van der Waals surface area contributed by atoms with Gasteiger partial charge < -0.3 is 11.1 Å². The van der Waals surface area contributed by atoms with E-state index in [9.17, 15) is 13.2 Å². The van der Waals surface area contributed by atoms with Crippen LogP contribution in [0, 0.1) is 5.92 Å². The van der Waals surface area contributed by atoms with Crippen molar-refractivity contribution in [1.29, 1.82) is 0 Å². The Morgan fingerprint density at radius 3 is 2.55 bits per heavy atom. The fraction of sp³-hybridized carbons (Fsp3) is 0.923. The summed E-state index contributed by atoms with van der Waals surface area (Å²) in [6.07, 6.45) is 5.76. The van der Waals surface area contributed by atoms with Crippen molar-refractivity contribution in [2.75, 3.05) is 25.9 Å². The number of carbonyl (C=O) groups excluding carboxylic acids is 1. The molecule has 1 fully saturated rings. The summed E-state index contributed by atoms with van der Waals surface area (Å²) in [5.41, 5.74) is 5.96. The van der Waals surface area contributed by atoms with E-state index in [0.717, 1.165) is 25.7 Å². The van der Waals surface area contributed by atoms with Crippen LogP contribution >= 0.6 is 0 Å². The average molecular weight is 305 g/mol. The van der Waals surface area contributed by atoms with E-state index >= 15 is 0 Å². The minimum Gasteiger partial charge on any atom is -0.356 e. The van der Waals surface area contributed by atoms with Gasteiger partial charge in [0, 0.05) is 25.7 Å². The summed E-state index contributed by atoms with van der Waals surface area (Å²) in [5.74, 6) is -0.0689. The quantitative estimate of drug-likeness (QED) is 0.661. The summed E-state index contributed by atoms with van der Waals surface area (Å²) in [4.78, 5) is 12.0. The van der Waals surface area contributed by atoms with E-state index < -0.39 is 10.0 Å². The van der Waals surface area contributed by atoms with E-state index in [1.165, 1.54) is 10.6 Å². The van der Waals surface area contributed by atoms with Gasteiger partial charge in [0.25, 0.3) is 0 Å². The molecule has 0 bridgehead atoms. The maximum atomic E-state index is 12.0. The molecule has 2 unspecified atom stereocenters. The molecule has 1 aliphatic rings. The lowest BCUT2D eigenvalue weighted by Crippen LogP contribution is -2.44. The van der Waals surface area contributed by atoms with E-state index in [-0.39, 0.29) is 17.9 Å². The number of amides is 1. The van der Waals surface area contributed by atoms with E-state index in [0.29, 0.717) is 26.1 Å². The van der Waals surface area contributed by atoms with Gasteiger partial charge in [-0.05, 0) is 19.3 Å². The van der Waals surface area contributed by atoms with Crippen molar-refractivity contribution in [3.63, 3.8) is 0 Å². The van der Waals surface area contributed by atoms with Gasteiger partial charge in [0.15, 0.2) is 0 Å². The topological polar surface area (TPSA) is 92.5 Å². The molecule has 0 spiro atoms. The zero-order valence-electron chi connectivity index (χ0n) is 12.5. The molecule has 0 aromatic rings. The molecule has 0 saturated heterocycles. The molecule has 0 aromatic carbocycles. The first kappa shape index (κ1) is 17.4. The second-order valence-electron chi connectivity index (χ2n) is 5.45. The number of hydrogen-bond donors (Lipinski definition) is 2. The lowest BCUT2D eigenvalue weighted by molar-refractivity contribution is -0.126. The molecule has 3 N–H and O–H groups in total. The van der Waals surface area contributed by atoms with Gasteiger partial charge in [0.05, 0.1) is 12.2 Å². The van der Waals surface area contributed by atoms with Crippen LogP contribution in [0.15, 0.2) is 0 Å². The van der Waals surface area contributed by atoms with Crippen molar-refractivity contribution in [1.82, 2.24) is 9.62 Å². The van der Waals surface area contributed by atoms with Crippen LogP contribution < -0.4 is 11.1 Å². The molecule has 0 aromatic heterocycles. The number of nitrogens with zero attached hydrogens (tertiary/aromatic N) is 1. The summed E-state index contributed by atoms with van der Waals surface area (Å²) in [5, 5.41) is 2.87. The maximum absolute atomic E-state index is 12.0. The monoisotopic (exact) mass is 305 g/mol. The van der Waals surface area contributed by atoms with E-state index in [1.807, 2.05) is 0 Å². The lowest BCUT2D eigenvalue weighted by Gasteiger charge is -2.27. The molecule has 1 rings (SSSR count). The first-order valence-electron chi connectivity index (χ1n) is 7.34. The number of nitrogens with two attached hydrogens (primary N) is 1. The fourth-order valence-electron chi connectivity index (χ4n) is 2.64. The Kier molecular flexibility index (Phi) is 6.91. The SMILES string of the molecule is CCN(CCCNC(=O)C1CCCCC1N)S(C)(=O)=O. The van der Waals surface area contributed by atoms with Crippen LogP contribution in [-0.4, -0.2) is 50.6 Å². The molecular weight excluding hydrogens is 278 g/mol. The largest absolute Gasteiger partial charge is 0.356 e. The Balaban J connectivity index is 2.28. The summed E-state index contributed by atoms with van der Waals surface area (Å²) in [6.45, 7) is 3.20. The van der Waals surface area contributed by atoms with Gasteiger partial charge in [0.1, 0.15) is 0 Å². The zero-order valence-corrected chi connectivity index (χ0v) is 13.3. The normalized spacial score (nSPS) is 23.8. The Morgan fingerprint density at radius 2 is 2.00 bits per heavy atom. The first-order valence-corrected chi connectivity index (χ1v) is 9.19. The van der Waals surface area contributed by atoms with Crippen LogP contribution in [0.25, 0.3) is 0 Å². The Bertz CT molecular complexity index is 411. The predicted octanol–water partition coefficient (Wildman–Crippen LogP) is 0.292. The Hall–Kier alpha value is -0.660. The van der Waals surface area contributed by atoms with Crippen molar-refractivity contribution in [3.8, 4) is 0 Å². The van der Waals surface area contributed by atoms with Gasteiger partial charge in [-0.1, -0.05) is 19.8 Å². The molecule has 1 aliphatic carbocycles. The van der Waals surface area contributed by atoms with Gasteiger partial charge in [0.2, 0.25) is 15.9 Å². The number of hydrogen-bond acceptors (Lipinski definition) is 4. The van der Waals surface area contributed by atoms with Gasteiger partial charge in [-0.15, -0.1) is 0 Å². The predicted molar refractivity (Wildman–Crippen MR) is 79.7 cm³/mol. The molecule has 0 heterocycles. The maximum Gasteiger partial charge on any atom is 0.224 e. The molecular formula is C13H27N3O3S. The highest BCUT2D eigenvalue weighted by atomic mass is 32.2. The highest BCUT2D eigenvalue weighted by Crippen LogP contribution is 2.22. The Morgan fingerprint density at radius 1 is 1.35 bits per heavy atom. The van der Waals surface area contributed by atoms with Crippen molar-refractivity contribution in [2.45, 2.75) is 45.1 Å². The minimum atomic E-state index is -3.14. The molecule has 7 heteroatoms. The number of nitrogens with one attached hydrogen (secondary N) is 1. The fourth-order valence-corrected chi connectivity index (χ4v) is 3.57. The number of rotatable bonds is 7. The standard InChI is InChI=1S/C13H27N3O3S/c1-3-16(20(2,18)19)10-6-9-15-13(17)11-7-4-5-8-12(11)14/h11-12H,3-10,14H2,1-2H3,(H,15,17). The van der Waals surface area contributed by atoms with Crippen LogP contribution in [0.5, 0.6) is 0 Å². The molecule has 0 radical (unpaired) electrons. The molecule has 118 valence electrons. The van der Waals surface area contributed by atoms with E-state index in [2.05, 4.69) is 5.32 Å². The van der Waals surface area contributed by atoms with Crippen LogP contribution in [0.2, 0.25) is 0 Å². The van der Waals surface area contributed by atoms with Crippen molar-refractivity contribution < 1.29 is 13.2 Å². The number of carbonyl (C=O) groups is 1. The minimum absolute atomic E-state index is 0.0135. The highest BCUT2D eigenvalue weighted by molar-refractivity contribution is 7.88. The molecule has 20 heavy (non-hydrogen) atoms. The van der Waals surface area contributed by atoms with Crippen LogP contribution in [0.4, 0.5) is 0 Å². The third-order valence-corrected chi connectivity index (χ3v) is 5.24. The summed E-state index contributed by atoms with van der Waals surface area (Å²) in [6, 6.07) is -0.0353. The highest BCUT2D eigenvalue weighted by Gasteiger charge is 2.27. The van der Waals surface area contributed by atoms with Gasteiger partial charge in [-0.3, -0.25) is 4.79 Å². The molecule has 6 nitrogen and oxygen atoms in total. The third-order valence-electron chi connectivity index (χ3n) is 3.86. The van der Waals surface area contributed by atoms with Gasteiger partial charge >= 0.3 is 0 Å². The number of sulfonamides is 1. The van der Waals surface area contributed by atoms with Crippen molar-refractivity contribution >= 4 is 15.9 Å².